The van der Waals surface area contributed by atoms with Crippen molar-refractivity contribution in [1.29, 1.82) is 0 Å². The van der Waals surface area contributed by atoms with Gasteiger partial charge in [-0.1, -0.05) is 65.1 Å². The van der Waals surface area contributed by atoms with Gasteiger partial charge in [0.2, 0.25) is 5.91 Å². The van der Waals surface area contributed by atoms with Gasteiger partial charge in [0.05, 0.1) is 18.0 Å². The van der Waals surface area contributed by atoms with Crippen molar-refractivity contribution in [3.05, 3.63) is 47.8 Å². The van der Waals surface area contributed by atoms with Crippen molar-refractivity contribution in [1.82, 2.24) is 10.2 Å². The lowest BCUT2D eigenvalue weighted by atomic mass is 10.0. The summed E-state index contributed by atoms with van der Waals surface area (Å²) in [6, 6.07) is 7.71. The number of ether oxygens (including phenoxy) is 1. The first-order valence-corrected chi connectivity index (χ1v) is 9.92. The molecule has 1 aromatic rings. The van der Waals surface area contributed by atoms with Gasteiger partial charge >= 0.3 is 6.09 Å². The standard InChI is InChI=1S/C19H20Cl3FN2O4/c1-11(8-15(23)12(2)24-17(27)19(20,21)22)16(26)25-14(10-29-18(25)28)9-13-6-4-3-5-7-13/h3-8,11-12,14H,9-10H2,1-2H3,(H,24,27)/t11-,12+,14+/m0/s1. The van der Waals surface area contributed by atoms with E-state index in [9.17, 15) is 18.8 Å². The lowest BCUT2D eigenvalue weighted by molar-refractivity contribution is -0.131. The third-order valence-electron chi connectivity index (χ3n) is 4.33. The molecule has 1 aliphatic heterocycles. The maximum atomic E-state index is 14.4. The molecule has 3 amide bonds. The molecular weight excluding hydrogens is 446 g/mol. The Morgan fingerprint density at radius 2 is 1.93 bits per heavy atom. The Kier molecular flexibility index (Phi) is 7.91. The van der Waals surface area contributed by atoms with E-state index in [2.05, 4.69) is 5.32 Å². The summed E-state index contributed by atoms with van der Waals surface area (Å²) < 4.78 is 17.2. The van der Waals surface area contributed by atoms with Crippen LogP contribution in [0, 0.1) is 5.92 Å². The highest BCUT2D eigenvalue weighted by Gasteiger charge is 2.39. The largest absolute Gasteiger partial charge is 0.447 e. The van der Waals surface area contributed by atoms with E-state index in [0.29, 0.717) is 6.42 Å². The van der Waals surface area contributed by atoms with Gasteiger partial charge in [-0.3, -0.25) is 9.59 Å². The number of cyclic esters (lactones) is 1. The number of rotatable bonds is 6. The highest BCUT2D eigenvalue weighted by atomic mass is 35.6. The van der Waals surface area contributed by atoms with Gasteiger partial charge in [-0.25, -0.2) is 14.1 Å². The van der Waals surface area contributed by atoms with E-state index >= 15 is 0 Å². The van der Waals surface area contributed by atoms with E-state index in [-0.39, 0.29) is 6.61 Å². The zero-order valence-electron chi connectivity index (χ0n) is 15.7. The Labute approximate surface area is 182 Å². The quantitative estimate of drug-likeness (QED) is 0.646. The molecule has 158 valence electrons. The summed E-state index contributed by atoms with van der Waals surface area (Å²) in [5, 5.41) is 2.19. The zero-order valence-corrected chi connectivity index (χ0v) is 18.0. The first-order valence-electron chi connectivity index (χ1n) is 8.79. The molecule has 1 aliphatic rings. The van der Waals surface area contributed by atoms with Gasteiger partial charge in [0, 0.05) is 0 Å². The van der Waals surface area contributed by atoms with Crippen LogP contribution in [-0.2, 0) is 20.7 Å². The highest BCUT2D eigenvalue weighted by Crippen LogP contribution is 2.27. The van der Waals surface area contributed by atoms with Crippen LogP contribution in [-0.4, -0.2) is 45.3 Å². The van der Waals surface area contributed by atoms with Crippen LogP contribution in [0.2, 0.25) is 0 Å². The smallest absolute Gasteiger partial charge is 0.417 e. The van der Waals surface area contributed by atoms with Gasteiger partial charge < -0.3 is 10.1 Å². The summed E-state index contributed by atoms with van der Waals surface area (Å²) in [6.45, 7) is 2.84. The normalized spacial score (nSPS) is 19.5. The number of hydrogen-bond donors (Lipinski definition) is 1. The third-order valence-corrected chi connectivity index (χ3v) is 4.85. The first kappa shape index (κ1) is 23.4. The lowest BCUT2D eigenvalue weighted by Gasteiger charge is -2.22. The topological polar surface area (TPSA) is 75.7 Å². The molecule has 29 heavy (non-hydrogen) atoms. The van der Waals surface area contributed by atoms with Crippen molar-refractivity contribution in [2.75, 3.05) is 6.61 Å². The molecule has 0 bridgehead atoms. The molecule has 1 N–H and O–H groups in total. The molecule has 0 unspecified atom stereocenters. The lowest BCUT2D eigenvalue weighted by Crippen LogP contribution is -2.43. The van der Waals surface area contributed by atoms with Gasteiger partial charge in [-0.2, -0.15) is 0 Å². The van der Waals surface area contributed by atoms with Gasteiger partial charge in [0.15, 0.2) is 0 Å². The average molecular weight is 466 g/mol. The Morgan fingerprint density at radius 3 is 2.52 bits per heavy atom. The van der Waals surface area contributed by atoms with Crippen LogP contribution < -0.4 is 5.32 Å². The number of nitrogens with zero attached hydrogens (tertiary/aromatic N) is 1. The van der Waals surface area contributed by atoms with Crippen molar-refractivity contribution < 1.29 is 23.5 Å². The molecule has 0 spiro atoms. The molecular formula is C19H20Cl3FN2O4. The number of benzene rings is 1. The number of amides is 3. The van der Waals surface area contributed by atoms with Gasteiger partial charge in [0.25, 0.3) is 9.70 Å². The van der Waals surface area contributed by atoms with Gasteiger partial charge in [-0.05, 0) is 31.9 Å². The number of halogens is 4. The molecule has 10 heteroatoms. The number of hydrogen-bond acceptors (Lipinski definition) is 4. The zero-order chi connectivity index (χ0) is 21.8. The molecule has 0 aliphatic carbocycles. The summed E-state index contributed by atoms with van der Waals surface area (Å²) >= 11 is 16.3. The van der Waals surface area contributed by atoms with Crippen molar-refractivity contribution >= 4 is 52.7 Å². The molecule has 3 atom stereocenters. The minimum atomic E-state index is -2.24. The summed E-state index contributed by atoms with van der Waals surface area (Å²) in [6.07, 6.45) is 0.665. The molecule has 0 radical (unpaired) electrons. The fourth-order valence-corrected chi connectivity index (χ4v) is 2.95. The van der Waals surface area contributed by atoms with E-state index in [1.54, 1.807) is 0 Å². The van der Waals surface area contributed by atoms with Crippen LogP contribution in [0.3, 0.4) is 0 Å². The van der Waals surface area contributed by atoms with Crippen LogP contribution in [0.1, 0.15) is 19.4 Å². The maximum Gasteiger partial charge on any atom is 0.417 e. The van der Waals surface area contributed by atoms with Crippen molar-refractivity contribution in [3.63, 3.8) is 0 Å². The third kappa shape index (κ3) is 6.32. The number of nitrogens with one attached hydrogen (secondary N) is 1. The minimum absolute atomic E-state index is 0.0636. The fourth-order valence-electron chi connectivity index (χ4n) is 2.79. The summed E-state index contributed by atoms with van der Waals surface area (Å²) in [7, 11) is 0. The predicted octanol–water partition coefficient (Wildman–Crippen LogP) is 3.94. The molecule has 1 heterocycles. The van der Waals surface area contributed by atoms with Crippen LogP contribution in [0.15, 0.2) is 42.2 Å². The molecule has 0 aromatic heterocycles. The van der Waals surface area contributed by atoms with Crippen molar-refractivity contribution in [3.8, 4) is 0 Å². The molecule has 1 aromatic carbocycles. The van der Waals surface area contributed by atoms with Crippen LogP contribution >= 0.6 is 34.8 Å². The Balaban J connectivity index is 2.07. The minimum Gasteiger partial charge on any atom is -0.447 e. The Hall–Kier alpha value is -1.83. The fraction of sp³-hybridized carbons (Fsp3) is 0.421. The number of imide groups is 1. The highest BCUT2D eigenvalue weighted by molar-refractivity contribution is 6.76. The average Bonchev–Trinajstić information content (AvgIpc) is 3.01. The van der Waals surface area contributed by atoms with Gasteiger partial charge in [-0.15, -0.1) is 0 Å². The van der Waals surface area contributed by atoms with Gasteiger partial charge in [0.1, 0.15) is 12.4 Å². The second-order valence-electron chi connectivity index (χ2n) is 6.66. The molecule has 6 nitrogen and oxygen atoms in total. The van der Waals surface area contributed by atoms with E-state index in [4.69, 9.17) is 39.5 Å². The summed E-state index contributed by atoms with van der Waals surface area (Å²) in [4.78, 5) is 37.5. The Morgan fingerprint density at radius 1 is 1.31 bits per heavy atom. The second-order valence-corrected chi connectivity index (χ2v) is 8.94. The van der Waals surface area contributed by atoms with Crippen molar-refractivity contribution in [2.24, 2.45) is 5.92 Å². The summed E-state index contributed by atoms with van der Waals surface area (Å²) in [5.74, 6) is -3.39. The van der Waals surface area contributed by atoms with Crippen LogP contribution in [0.4, 0.5) is 9.18 Å². The summed E-state index contributed by atoms with van der Waals surface area (Å²) in [5.41, 5.74) is 0.936. The van der Waals surface area contributed by atoms with E-state index < -0.39 is 45.5 Å². The van der Waals surface area contributed by atoms with E-state index in [0.717, 1.165) is 16.5 Å². The monoisotopic (exact) mass is 464 g/mol. The second kappa shape index (κ2) is 9.78. The number of alkyl halides is 3. The number of carbonyl (C=O) groups is 3. The maximum absolute atomic E-state index is 14.4. The van der Waals surface area contributed by atoms with Crippen LogP contribution in [0.25, 0.3) is 0 Å². The first-order chi connectivity index (χ1) is 13.5. The van der Waals surface area contributed by atoms with Crippen molar-refractivity contribution in [2.45, 2.75) is 36.1 Å². The number of carbonyl (C=O) groups excluding carboxylic acids is 3. The van der Waals surface area contributed by atoms with E-state index in [1.807, 2.05) is 30.3 Å². The molecule has 0 saturated carbocycles. The molecule has 2 rings (SSSR count). The SMILES string of the molecule is C[C@@H](C=C(F)[C@@H](C)NC(=O)C(Cl)(Cl)Cl)C(=O)N1C(=O)OC[C@H]1Cc1ccccc1. The molecule has 1 fully saturated rings. The Bertz CT molecular complexity index is 798. The van der Waals surface area contributed by atoms with Crippen LogP contribution in [0.5, 0.6) is 0 Å². The molecule has 1 saturated heterocycles. The van der Waals surface area contributed by atoms with E-state index in [1.165, 1.54) is 13.8 Å². The predicted molar refractivity (Wildman–Crippen MR) is 108 cm³/mol.